The number of piperidine rings is 1. The van der Waals surface area contributed by atoms with Crippen molar-refractivity contribution in [2.24, 2.45) is 0 Å². The fraction of sp³-hybridized carbons (Fsp3) is 0.500. The van der Waals surface area contributed by atoms with Gasteiger partial charge in [-0.05, 0) is 70.7 Å². The van der Waals surface area contributed by atoms with Gasteiger partial charge >= 0.3 is 6.09 Å². The molecule has 0 radical (unpaired) electrons. The molecule has 1 aliphatic heterocycles. The maximum atomic E-state index is 12.6. The first kappa shape index (κ1) is 20.9. The van der Waals surface area contributed by atoms with Crippen LogP contribution in [0, 0.1) is 13.8 Å². The molecule has 0 saturated carbocycles. The lowest BCUT2D eigenvalue weighted by atomic mass is 10.0. The number of carbonyl (C=O) groups is 2. The zero-order valence-electron chi connectivity index (χ0n) is 17.8. The Morgan fingerprint density at radius 1 is 1.14 bits per heavy atom. The zero-order valence-corrected chi connectivity index (χ0v) is 17.8. The van der Waals surface area contributed by atoms with E-state index in [1.165, 1.54) is 11.1 Å². The van der Waals surface area contributed by atoms with Crippen molar-refractivity contribution in [3.05, 3.63) is 41.1 Å². The summed E-state index contributed by atoms with van der Waals surface area (Å²) < 4.78 is 5.41. The molecule has 0 atom stereocenters. The molecule has 1 aromatic heterocycles. The van der Waals surface area contributed by atoms with Crippen molar-refractivity contribution in [2.45, 2.75) is 59.1 Å². The minimum atomic E-state index is -0.504. The topological polar surface area (TPSA) is 87.3 Å². The Labute approximate surface area is 171 Å². The number of carbonyl (C=O) groups excluding carboxylic acids is 2. The van der Waals surface area contributed by atoms with Crippen LogP contribution in [0.1, 0.15) is 55.2 Å². The van der Waals surface area contributed by atoms with E-state index in [2.05, 4.69) is 41.5 Å². The average Bonchev–Trinajstić information content (AvgIpc) is 3.13. The Morgan fingerprint density at radius 2 is 1.83 bits per heavy atom. The number of likely N-dealkylation sites (tertiary alicyclic amines) is 1. The van der Waals surface area contributed by atoms with Crippen LogP contribution >= 0.6 is 0 Å². The molecule has 1 fully saturated rings. The number of aromatic amines is 1. The van der Waals surface area contributed by atoms with Gasteiger partial charge in [0.05, 0.1) is 5.69 Å². The Bertz CT molecular complexity index is 890. The largest absolute Gasteiger partial charge is 0.444 e. The monoisotopic (exact) mass is 398 g/mol. The summed E-state index contributed by atoms with van der Waals surface area (Å²) in [6.07, 6.45) is 1.10. The molecule has 0 aliphatic carbocycles. The molecule has 0 unspecified atom stereocenters. The fourth-order valence-electron chi connectivity index (χ4n) is 3.28. The molecule has 156 valence electrons. The standard InChI is InChI=1S/C22H30N4O3/c1-14-6-7-16(12-15(14)2)18-13-19(25-24-18)20(27)23-17-8-10-26(11-9-17)21(28)29-22(3,4)5/h6-7,12-13,17H,8-11H2,1-5H3,(H,23,27)(H,24,25). The lowest BCUT2D eigenvalue weighted by molar-refractivity contribution is 0.0199. The molecule has 0 spiro atoms. The molecule has 1 aliphatic rings. The highest BCUT2D eigenvalue weighted by molar-refractivity contribution is 5.93. The molecule has 2 aromatic rings. The summed E-state index contributed by atoms with van der Waals surface area (Å²) in [5.41, 5.74) is 4.07. The normalized spacial score (nSPS) is 15.3. The molecule has 7 nitrogen and oxygen atoms in total. The number of hydrogen-bond donors (Lipinski definition) is 2. The Balaban J connectivity index is 1.55. The van der Waals surface area contributed by atoms with Gasteiger partial charge < -0.3 is 15.0 Å². The van der Waals surface area contributed by atoms with Crippen molar-refractivity contribution in [3.8, 4) is 11.3 Å². The lowest BCUT2D eigenvalue weighted by Crippen LogP contribution is -2.47. The zero-order chi connectivity index (χ0) is 21.2. The van der Waals surface area contributed by atoms with E-state index >= 15 is 0 Å². The lowest BCUT2D eigenvalue weighted by Gasteiger charge is -2.33. The van der Waals surface area contributed by atoms with Gasteiger partial charge in [0.15, 0.2) is 0 Å². The summed E-state index contributed by atoms with van der Waals surface area (Å²) in [7, 11) is 0. The SMILES string of the molecule is Cc1ccc(-c2cc(C(=O)NC3CCN(C(=O)OC(C)(C)C)CC3)[nH]n2)cc1C. The third kappa shape index (κ3) is 5.37. The van der Waals surface area contributed by atoms with Crippen LogP contribution in [0.15, 0.2) is 24.3 Å². The van der Waals surface area contributed by atoms with Gasteiger partial charge in [-0.2, -0.15) is 5.10 Å². The molecule has 0 bridgehead atoms. The van der Waals surface area contributed by atoms with Crippen molar-refractivity contribution in [1.82, 2.24) is 20.4 Å². The van der Waals surface area contributed by atoms with E-state index in [0.717, 1.165) is 11.3 Å². The number of H-pyrrole nitrogens is 1. The second-order valence-electron chi connectivity index (χ2n) is 8.68. The van der Waals surface area contributed by atoms with Gasteiger partial charge in [0.2, 0.25) is 0 Å². The summed E-state index contributed by atoms with van der Waals surface area (Å²) in [5, 5.41) is 10.2. The fourth-order valence-corrected chi connectivity index (χ4v) is 3.28. The first-order chi connectivity index (χ1) is 13.6. The van der Waals surface area contributed by atoms with E-state index in [1.807, 2.05) is 26.8 Å². The van der Waals surface area contributed by atoms with Crippen LogP contribution < -0.4 is 5.32 Å². The molecule has 1 aromatic carbocycles. The van der Waals surface area contributed by atoms with Crippen molar-refractivity contribution in [1.29, 1.82) is 0 Å². The van der Waals surface area contributed by atoms with Gasteiger partial charge in [0, 0.05) is 24.7 Å². The first-order valence-electron chi connectivity index (χ1n) is 10.0. The molecule has 2 N–H and O–H groups in total. The molecule has 3 rings (SSSR count). The number of nitrogens with zero attached hydrogens (tertiary/aromatic N) is 2. The van der Waals surface area contributed by atoms with Gasteiger partial charge in [0.25, 0.3) is 5.91 Å². The number of benzene rings is 1. The number of aryl methyl sites for hydroxylation is 2. The van der Waals surface area contributed by atoms with Gasteiger partial charge in [-0.25, -0.2) is 4.79 Å². The number of nitrogens with one attached hydrogen (secondary N) is 2. The highest BCUT2D eigenvalue weighted by Gasteiger charge is 2.28. The smallest absolute Gasteiger partial charge is 0.410 e. The number of aromatic nitrogens is 2. The van der Waals surface area contributed by atoms with Crippen LogP contribution in [0.5, 0.6) is 0 Å². The molecular formula is C22H30N4O3. The highest BCUT2D eigenvalue weighted by atomic mass is 16.6. The summed E-state index contributed by atoms with van der Waals surface area (Å²) in [4.78, 5) is 26.4. The minimum Gasteiger partial charge on any atom is -0.444 e. The quantitative estimate of drug-likeness (QED) is 0.823. The number of hydrogen-bond acceptors (Lipinski definition) is 4. The van der Waals surface area contributed by atoms with Crippen molar-refractivity contribution in [2.75, 3.05) is 13.1 Å². The molecule has 29 heavy (non-hydrogen) atoms. The van der Waals surface area contributed by atoms with Crippen LogP contribution in [0.2, 0.25) is 0 Å². The van der Waals surface area contributed by atoms with Crippen LogP contribution in [0.4, 0.5) is 4.79 Å². The third-order valence-electron chi connectivity index (χ3n) is 5.11. The summed E-state index contributed by atoms with van der Waals surface area (Å²) in [6.45, 7) is 10.8. The van der Waals surface area contributed by atoms with Crippen LogP contribution in [0.3, 0.4) is 0 Å². The van der Waals surface area contributed by atoms with E-state index < -0.39 is 5.60 Å². The molecular weight excluding hydrogens is 368 g/mol. The van der Waals surface area contributed by atoms with Crippen molar-refractivity contribution in [3.63, 3.8) is 0 Å². The Kier molecular flexibility index (Phi) is 5.96. The summed E-state index contributed by atoms with van der Waals surface area (Å²) >= 11 is 0. The average molecular weight is 399 g/mol. The van der Waals surface area contributed by atoms with Crippen LogP contribution in [0.25, 0.3) is 11.3 Å². The van der Waals surface area contributed by atoms with Gasteiger partial charge in [-0.15, -0.1) is 0 Å². The highest BCUT2D eigenvalue weighted by Crippen LogP contribution is 2.21. The molecule has 2 heterocycles. The summed E-state index contributed by atoms with van der Waals surface area (Å²) in [6, 6.07) is 7.92. The third-order valence-corrected chi connectivity index (χ3v) is 5.11. The number of ether oxygens (including phenoxy) is 1. The Morgan fingerprint density at radius 3 is 2.45 bits per heavy atom. The van der Waals surface area contributed by atoms with Gasteiger partial charge in [-0.3, -0.25) is 9.89 Å². The second kappa shape index (κ2) is 8.27. The Hall–Kier alpha value is -2.83. The maximum absolute atomic E-state index is 12.6. The minimum absolute atomic E-state index is 0.0227. The first-order valence-corrected chi connectivity index (χ1v) is 10.0. The molecule has 2 amide bonds. The van der Waals surface area contributed by atoms with E-state index in [9.17, 15) is 9.59 Å². The van der Waals surface area contributed by atoms with Gasteiger partial charge in [-0.1, -0.05) is 12.1 Å². The van der Waals surface area contributed by atoms with Crippen LogP contribution in [-0.2, 0) is 4.74 Å². The summed E-state index contributed by atoms with van der Waals surface area (Å²) in [5.74, 6) is -0.177. The second-order valence-corrected chi connectivity index (χ2v) is 8.68. The van der Waals surface area contributed by atoms with E-state index in [0.29, 0.717) is 31.6 Å². The van der Waals surface area contributed by atoms with Gasteiger partial charge in [0.1, 0.15) is 11.3 Å². The predicted molar refractivity (Wildman–Crippen MR) is 112 cm³/mol. The van der Waals surface area contributed by atoms with E-state index in [1.54, 1.807) is 11.0 Å². The van der Waals surface area contributed by atoms with Crippen molar-refractivity contribution >= 4 is 12.0 Å². The van der Waals surface area contributed by atoms with Crippen molar-refractivity contribution < 1.29 is 14.3 Å². The molecule has 1 saturated heterocycles. The number of amides is 2. The van der Waals surface area contributed by atoms with E-state index in [4.69, 9.17) is 4.74 Å². The van der Waals surface area contributed by atoms with E-state index in [-0.39, 0.29) is 18.0 Å². The number of rotatable bonds is 3. The molecule has 7 heteroatoms. The van der Waals surface area contributed by atoms with Crippen LogP contribution in [-0.4, -0.2) is 51.8 Å². The predicted octanol–water partition coefficient (Wildman–Crippen LogP) is 3.82. The maximum Gasteiger partial charge on any atom is 0.410 e.